The van der Waals surface area contributed by atoms with E-state index in [9.17, 15) is 4.79 Å². The van der Waals surface area contributed by atoms with Gasteiger partial charge in [0.15, 0.2) is 0 Å². The first-order valence-electron chi connectivity index (χ1n) is 10.5. The van der Waals surface area contributed by atoms with Crippen LogP contribution in [0.4, 0.5) is 11.9 Å². The predicted molar refractivity (Wildman–Crippen MR) is 127 cm³/mol. The average molecular weight is 422 g/mol. The van der Waals surface area contributed by atoms with Crippen LogP contribution in [0.25, 0.3) is 5.70 Å². The summed E-state index contributed by atoms with van der Waals surface area (Å²) in [6, 6.07) is 25.6. The van der Waals surface area contributed by atoms with Crippen LogP contribution < -0.4 is 10.6 Å². The van der Waals surface area contributed by atoms with E-state index >= 15 is 0 Å². The second kappa shape index (κ2) is 8.15. The summed E-state index contributed by atoms with van der Waals surface area (Å²) in [6.45, 7) is 4.14. The number of fused-ring (bicyclic) bond motifs is 1. The van der Waals surface area contributed by atoms with Crippen LogP contribution in [0.2, 0.25) is 0 Å². The van der Waals surface area contributed by atoms with Crippen LogP contribution in [0.3, 0.4) is 0 Å². The van der Waals surface area contributed by atoms with Crippen molar-refractivity contribution in [3.05, 3.63) is 113 Å². The molecule has 0 spiro atoms. The van der Waals surface area contributed by atoms with Crippen molar-refractivity contribution in [3.8, 4) is 0 Å². The van der Waals surface area contributed by atoms with E-state index in [1.54, 1.807) is 12.1 Å². The van der Waals surface area contributed by atoms with Crippen molar-refractivity contribution >= 4 is 23.5 Å². The van der Waals surface area contributed by atoms with Crippen molar-refractivity contribution in [2.24, 2.45) is 0 Å². The van der Waals surface area contributed by atoms with Crippen molar-refractivity contribution in [3.63, 3.8) is 0 Å². The Hall–Kier alpha value is -4.19. The third-order valence-corrected chi connectivity index (χ3v) is 5.51. The summed E-state index contributed by atoms with van der Waals surface area (Å²) in [5, 5.41) is 10.8. The summed E-state index contributed by atoms with van der Waals surface area (Å²) in [5.74, 6) is 0.598. The Kier molecular flexibility index (Phi) is 5.03. The van der Waals surface area contributed by atoms with Gasteiger partial charge < -0.3 is 5.32 Å². The Balaban J connectivity index is 1.51. The summed E-state index contributed by atoms with van der Waals surface area (Å²) < 4.78 is 1.81. The SMILES string of the molecule is Cc1ccc(C2=C[C@@H](c3ccc(C)cc3)n3nc(NC(=O)c4ccccc4)nc3N2)cc1. The molecule has 0 unspecified atom stereocenters. The number of nitrogens with one attached hydrogen (secondary N) is 2. The minimum Gasteiger partial charge on any atom is -0.324 e. The van der Waals surface area contributed by atoms with E-state index in [4.69, 9.17) is 0 Å². The molecule has 0 fully saturated rings. The van der Waals surface area contributed by atoms with Crippen molar-refractivity contribution < 1.29 is 4.79 Å². The van der Waals surface area contributed by atoms with Crippen LogP contribution in [0.15, 0.2) is 84.9 Å². The fraction of sp³-hybridized carbons (Fsp3) is 0.115. The van der Waals surface area contributed by atoms with Gasteiger partial charge in [-0.25, -0.2) is 4.68 Å². The van der Waals surface area contributed by atoms with E-state index in [0.717, 1.165) is 16.8 Å². The Morgan fingerprint density at radius 3 is 2.25 bits per heavy atom. The summed E-state index contributed by atoms with van der Waals surface area (Å²) in [6.07, 6.45) is 2.14. The van der Waals surface area contributed by atoms with Crippen LogP contribution in [0, 0.1) is 13.8 Å². The van der Waals surface area contributed by atoms with Gasteiger partial charge in [0, 0.05) is 11.3 Å². The molecule has 0 saturated heterocycles. The maximum Gasteiger partial charge on any atom is 0.258 e. The van der Waals surface area contributed by atoms with E-state index in [-0.39, 0.29) is 17.9 Å². The number of carbonyl (C=O) groups excluding carboxylic acids is 1. The number of hydrogen-bond donors (Lipinski definition) is 2. The molecular weight excluding hydrogens is 398 g/mol. The van der Waals surface area contributed by atoms with Gasteiger partial charge in [0.1, 0.15) is 6.04 Å². The highest BCUT2D eigenvalue weighted by atomic mass is 16.1. The zero-order valence-corrected chi connectivity index (χ0v) is 17.9. The molecule has 6 heteroatoms. The highest BCUT2D eigenvalue weighted by Crippen LogP contribution is 2.33. The topological polar surface area (TPSA) is 71.8 Å². The Morgan fingerprint density at radius 1 is 0.906 bits per heavy atom. The molecule has 1 aliphatic rings. The minimum atomic E-state index is -0.243. The van der Waals surface area contributed by atoms with Crippen molar-refractivity contribution in [1.29, 1.82) is 0 Å². The standard InChI is InChI=1S/C26H23N5O/c1-17-8-12-19(13-9-17)22-16-23(20-14-10-18(2)11-15-20)31-26(27-22)29-25(30-31)28-24(32)21-6-4-3-5-7-21/h3-16,23H,1-2H3,(H2,27,28,29,30,32)/t23-/m0/s1. The first-order chi connectivity index (χ1) is 15.6. The molecule has 2 heterocycles. The summed E-state index contributed by atoms with van der Waals surface area (Å²) in [7, 11) is 0. The number of rotatable bonds is 4. The molecule has 0 saturated carbocycles. The fourth-order valence-electron chi connectivity index (χ4n) is 3.71. The molecule has 5 rings (SSSR count). The number of carbonyl (C=O) groups is 1. The number of allylic oxidation sites excluding steroid dienone is 1. The zero-order chi connectivity index (χ0) is 22.1. The van der Waals surface area contributed by atoms with Gasteiger partial charge in [-0.15, -0.1) is 5.10 Å². The number of hydrogen-bond acceptors (Lipinski definition) is 4. The lowest BCUT2D eigenvalue weighted by Gasteiger charge is -2.24. The van der Waals surface area contributed by atoms with Crippen molar-refractivity contribution in [2.75, 3.05) is 10.6 Å². The summed E-state index contributed by atoms with van der Waals surface area (Å²) in [4.78, 5) is 17.2. The molecule has 2 N–H and O–H groups in total. The van der Waals surface area contributed by atoms with Gasteiger partial charge in [0.25, 0.3) is 11.9 Å². The van der Waals surface area contributed by atoms with E-state index in [1.807, 2.05) is 22.9 Å². The zero-order valence-electron chi connectivity index (χ0n) is 17.9. The van der Waals surface area contributed by atoms with Crippen LogP contribution >= 0.6 is 0 Å². The molecule has 6 nitrogen and oxygen atoms in total. The fourth-order valence-corrected chi connectivity index (χ4v) is 3.71. The summed E-state index contributed by atoms with van der Waals surface area (Å²) >= 11 is 0. The molecule has 1 atom stereocenters. The Morgan fingerprint density at radius 2 is 1.56 bits per heavy atom. The van der Waals surface area contributed by atoms with Gasteiger partial charge >= 0.3 is 0 Å². The predicted octanol–water partition coefficient (Wildman–Crippen LogP) is 5.20. The highest BCUT2D eigenvalue weighted by Gasteiger charge is 2.26. The molecule has 0 bridgehead atoms. The third kappa shape index (κ3) is 3.90. The van der Waals surface area contributed by atoms with Gasteiger partial charge in [-0.1, -0.05) is 77.9 Å². The normalized spacial score (nSPS) is 14.8. The molecule has 158 valence electrons. The maximum absolute atomic E-state index is 12.6. The summed E-state index contributed by atoms with van der Waals surface area (Å²) in [5.41, 5.74) is 6.07. The highest BCUT2D eigenvalue weighted by molar-refractivity contribution is 6.03. The van der Waals surface area contributed by atoms with Crippen LogP contribution in [-0.4, -0.2) is 20.7 Å². The van der Waals surface area contributed by atoms with E-state index < -0.39 is 0 Å². The molecule has 32 heavy (non-hydrogen) atoms. The van der Waals surface area contributed by atoms with Crippen molar-refractivity contribution in [2.45, 2.75) is 19.9 Å². The lowest BCUT2D eigenvalue weighted by atomic mass is 10.0. The second-order valence-corrected chi connectivity index (χ2v) is 7.95. The van der Waals surface area contributed by atoms with Gasteiger partial charge in [0.2, 0.25) is 5.95 Å². The number of aryl methyl sites for hydroxylation is 2. The number of anilines is 2. The lowest BCUT2D eigenvalue weighted by molar-refractivity contribution is 0.102. The quantitative estimate of drug-likeness (QED) is 0.475. The monoisotopic (exact) mass is 421 g/mol. The van der Waals surface area contributed by atoms with E-state index in [1.165, 1.54) is 11.1 Å². The van der Waals surface area contributed by atoms with Gasteiger partial charge in [-0.3, -0.25) is 10.1 Å². The first-order valence-corrected chi connectivity index (χ1v) is 10.5. The van der Waals surface area contributed by atoms with Gasteiger partial charge in [-0.2, -0.15) is 4.98 Å². The molecular formula is C26H23N5O. The molecule has 0 radical (unpaired) electrons. The Bertz CT molecular complexity index is 1290. The molecule has 1 aromatic heterocycles. The van der Waals surface area contributed by atoms with Crippen molar-refractivity contribution in [1.82, 2.24) is 14.8 Å². The average Bonchev–Trinajstić information content (AvgIpc) is 3.22. The third-order valence-electron chi connectivity index (χ3n) is 5.51. The smallest absolute Gasteiger partial charge is 0.258 e. The number of aromatic nitrogens is 3. The molecule has 1 aliphatic heterocycles. The molecule has 4 aromatic rings. The van der Waals surface area contributed by atoms with Gasteiger partial charge in [0.05, 0.1) is 0 Å². The largest absolute Gasteiger partial charge is 0.324 e. The van der Waals surface area contributed by atoms with E-state index in [0.29, 0.717) is 11.5 Å². The maximum atomic E-state index is 12.6. The minimum absolute atomic E-state index is 0.155. The lowest BCUT2D eigenvalue weighted by Crippen LogP contribution is -2.20. The second-order valence-electron chi connectivity index (χ2n) is 7.95. The van der Waals surface area contributed by atoms with E-state index in [2.05, 4.69) is 89.2 Å². The first kappa shape index (κ1) is 19.8. The van der Waals surface area contributed by atoms with Crippen LogP contribution in [-0.2, 0) is 0 Å². The number of nitrogens with zero attached hydrogens (tertiary/aromatic N) is 3. The van der Waals surface area contributed by atoms with Gasteiger partial charge in [-0.05, 0) is 43.2 Å². The van der Waals surface area contributed by atoms with Crippen LogP contribution in [0.1, 0.15) is 38.7 Å². The number of benzene rings is 3. The molecule has 1 amide bonds. The number of amides is 1. The Labute approximate surface area is 186 Å². The molecule has 3 aromatic carbocycles. The molecule has 0 aliphatic carbocycles. The van der Waals surface area contributed by atoms with Crippen LogP contribution in [0.5, 0.6) is 0 Å².